The molecule has 1 aromatic carbocycles. The van der Waals surface area contributed by atoms with Gasteiger partial charge < -0.3 is 9.55 Å². The second-order valence-electron chi connectivity index (χ2n) is 4.78. The van der Waals surface area contributed by atoms with E-state index in [-0.39, 0.29) is 6.04 Å². The number of benzene rings is 1. The highest BCUT2D eigenvalue weighted by molar-refractivity contribution is 7.71. The first-order valence-electron chi connectivity index (χ1n) is 6.72. The van der Waals surface area contributed by atoms with E-state index in [9.17, 15) is 0 Å². The van der Waals surface area contributed by atoms with E-state index in [1.54, 1.807) is 6.07 Å². The van der Waals surface area contributed by atoms with Crippen molar-refractivity contribution in [2.45, 2.75) is 19.4 Å². The van der Waals surface area contributed by atoms with Gasteiger partial charge in [-0.3, -0.25) is 5.10 Å². The zero-order valence-corrected chi connectivity index (χ0v) is 14.0. The molecule has 1 atom stereocenters. The summed E-state index contributed by atoms with van der Waals surface area (Å²) in [4.78, 5) is 7.27. The first kappa shape index (κ1) is 15.3. The van der Waals surface area contributed by atoms with Crippen LogP contribution in [0, 0.1) is 4.77 Å². The molecule has 2 N–H and O–H groups in total. The van der Waals surface area contributed by atoms with Crippen LogP contribution < -0.4 is 0 Å². The lowest BCUT2D eigenvalue weighted by Gasteiger charge is -2.20. The van der Waals surface area contributed by atoms with Crippen molar-refractivity contribution in [2.24, 2.45) is 0 Å². The summed E-state index contributed by atoms with van der Waals surface area (Å²) in [6.07, 6.45) is 4.13. The van der Waals surface area contributed by atoms with Crippen LogP contribution in [0.1, 0.15) is 24.9 Å². The van der Waals surface area contributed by atoms with Crippen LogP contribution in [0.4, 0.5) is 0 Å². The van der Waals surface area contributed by atoms with Gasteiger partial charge in [-0.25, -0.2) is 4.98 Å². The summed E-state index contributed by atoms with van der Waals surface area (Å²) in [5, 5.41) is 7.82. The van der Waals surface area contributed by atoms with Crippen LogP contribution in [0.25, 0.3) is 11.5 Å². The maximum Gasteiger partial charge on any atom is 0.178 e. The predicted octanol–water partition coefficient (Wildman–Crippen LogP) is 4.64. The van der Waals surface area contributed by atoms with Gasteiger partial charge in [0.15, 0.2) is 10.6 Å². The Morgan fingerprint density at radius 3 is 2.77 bits per heavy atom. The molecule has 0 saturated carbocycles. The van der Waals surface area contributed by atoms with E-state index in [1.807, 2.05) is 22.9 Å². The number of hydrogen-bond donors (Lipinski definition) is 2. The van der Waals surface area contributed by atoms with Gasteiger partial charge in [-0.1, -0.05) is 36.2 Å². The zero-order chi connectivity index (χ0) is 15.7. The Balaban J connectivity index is 2.13. The topological polar surface area (TPSA) is 62.3 Å². The number of rotatable bonds is 4. The predicted molar refractivity (Wildman–Crippen MR) is 89.9 cm³/mol. The maximum atomic E-state index is 6.15. The lowest BCUT2D eigenvalue weighted by atomic mass is 10.0. The molecule has 8 heteroatoms. The van der Waals surface area contributed by atoms with E-state index in [0.717, 1.165) is 17.7 Å². The molecule has 0 aliphatic heterocycles. The van der Waals surface area contributed by atoms with Crippen LogP contribution in [-0.4, -0.2) is 24.7 Å². The summed E-state index contributed by atoms with van der Waals surface area (Å²) in [5.41, 5.74) is 1.88. The Bertz CT molecular complexity index is 837. The van der Waals surface area contributed by atoms with E-state index in [4.69, 9.17) is 35.4 Å². The van der Waals surface area contributed by atoms with Gasteiger partial charge in [-0.15, -0.1) is 0 Å². The summed E-state index contributed by atoms with van der Waals surface area (Å²) in [5.74, 6) is 0.658. The van der Waals surface area contributed by atoms with Crippen LogP contribution in [0.3, 0.4) is 0 Å². The van der Waals surface area contributed by atoms with Crippen LogP contribution in [0.2, 0.25) is 10.0 Å². The Morgan fingerprint density at radius 2 is 2.14 bits per heavy atom. The number of H-pyrrole nitrogens is 2. The SMILES string of the molecule is CCC(c1ccc(Cl)c(Cl)c1)n1c(-c2ncn[nH]2)c[nH]c1=S. The molecule has 3 rings (SSSR count). The molecular weight excluding hydrogens is 341 g/mol. The molecule has 0 fully saturated rings. The molecule has 5 nitrogen and oxygen atoms in total. The average molecular weight is 354 g/mol. The van der Waals surface area contributed by atoms with Gasteiger partial charge in [0, 0.05) is 6.20 Å². The van der Waals surface area contributed by atoms with E-state index in [0.29, 0.717) is 20.6 Å². The average Bonchev–Trinajstić information content (AvgIpc) is 3.14. The third-order valence-electron chi connectivity index (χ3n) is 3.50. The monoisotopic (exact) mass is 353 g/mol. The number of aromatic amines is 2. The fourth-order valence-corrected chi connectivity index (χ4v) is 3.08. The molecule has 114 valence electrons. The van der Waals surface area contributed by atoms with Crippen molar-refractivity contribution in [1.29, 1.82) is 0 Å². The molecule has 0 radical (unpaired) electrons. The van der Waals surface area contributed by atoms with Crippen molar-refractivity contribution in [2.75, 3.05) is 0 Å². The third-order valence-corrected chi connectivity index (χ3v) is 4.55. The highest BCUT2D eigenvalue weighted by atomic mass is 35.5. The van der Waals surface area contributed by atoms with Crippen molar-refractivity contribution >= 4 is 35.4 Å². The summed E-state index contributed by atoms with van der Waals surface area (Å²) < 4.78 is 2.62. The van der Waals surface area contributed by atoms with Crippen LogP contribution in [-0.2, 0) is 0 Å². The zero-order valence-electron chi connectivity index (χ0n) is 11.7. The first-order chi connectivity index (χ1) is 10.6. The van der Waals surface area contributed by atoms with Crippen LogP contribution >= 0.6 is 35.4 Å². The number of halogens is 2. The standard InChI is InChI=1S/C14H13Cl2N5S/c1-2-11(8-3-4-9(15)10(16)5-8)21-12(6-17-14(21)22)13-18-7-19-20-13/h3-7,11H,2H2,1H3,(H,17,22)(H,18,19,20). The summed E-state index contributed by atoms with van der Waals surface area (Å²) in [6, 6.07) is 5.65. The molecule has 3 aromatic rings. The molecule has 0 aliphatic rings. The molecule has 22 heavy (non-hydrogen) atoms. The molecule has 0 aliphatic carbocycles. The summed E-state index contributed by atoms with van der Waals surface area (Å²) in [7, 11) is 0. The Morgan fingerprint density at radius 1 is 1.32 bits per heavy atom. The Hall–Kier alpha value is -1.63. The third kappa shape index (κ3) is 2.69. The van der Waals surface area contributed by atoms with Gasteiger partial charge in [-0.2, -0.15) is 5.10 Å². The fraction of sp³-hybridized carbons (Fsp3) is 0.214. The first-order valence-corrected chi connectivity index (χ1v) is 7.88. The normalized spacial score (nSPS) is 12.5. The Labute approximate surface area is 142 Å². The van der Waals surface area contributed by atoms with Gasteiger partial charge in [0.05, 0.1) is 16.1 Å². The molecule has 2 heterocycles. The van der Waals surface area contributed by atoms with Gasteiger partial charge in [0.2, 0.25) is 0 Å². The second-order valence-corrected chi connectivity index (χ2v) is 5.98. The van der Waals surface area contributed by atoms with Crippen LogP contribution in [0.5, 0.6) is 0 Å². The van der Waals surface area contributed by atoms with E-state index >= 15 is 0 Å². The van der Waals surface area contributed by atoms with Gasteiger partial charge in [0.1, 0.15) is 12.0 Å². The molecule has 0 bridgehead atoms. The number of imidazole rings is 1. The second kappa shape index (κ2) is 6.24. The molecule has 0 amide bonds. The van der Waals surface area contributed by atoms with Gasteiger partial charge in [0.25, 0.3) is 0 Å². The largest absolute Gasteiger partial charge is 0.337 e. The summed E-state index contributed by atoms with van der Waals surface area (Å²) >= 11 is 17.6. The minimum Gasteiger partial charge on any atom is -0.337 e. The fourth-order valence-electron chi connectivity index (χ4n) is 2.49. The molecule has 2 aromatic heterocycles. The maximum absolute atomic E-state index is 6.15. The number of hydrogen-bond acceptors (Lipinski definition) is 3. The highest BCUT2D eigenvalue weighted by Crippen LogP contribution is 2.31. The minimum atomic E-state index is 0.0219. The highest BCUT2D eigenvalue weighted by Gasteiger charge is 2.19. The number of aromatic nitrogens is 5. The van der Waals surface area contributed by atoms with Crippen molar-refractivity contribution in [1.82, 2.24) is 24.7 Å². The van der Waals surface area contributed by atoms with Gasteiger partial charge in [-0.05, 0) is 36.3 Å². The van der Waals surface area contributed by atoms with E-state index < -0.39 is 0 Å². The molecule has 0 spiro atoms. The lowest BCUT2D eigenvalue weighted by Crippen LogP contribution is -2.11. The quantitative estimate of drug-likeness (QED) is 0.671. The van der Waals surface area contributed by atoms with Crippen molar-refractivity contribution in [3.05, 3.63) is 51.1 Å². The molecule has 1 unspecified atom stereocenters. The molecular formula is C14H13Cl2N5S. The molecule has 0 saturated heterocycles. The minimum absolute atomic E-state index is 0.0219. The van der Waals surface area contributed by atoms with Gasteiger partial charge >= 0.3 is 0 Å². The summed E-state index contributed by atoms with van der Waals surface area (Å²) in [6.45, 7) is 2.09. The van der Waals surface area contributed by atoms with E-state index in [1.165, 1.54) is 6.33 Å². The van der Waals surface area contributed by atoms with Crippen molar-refractivity contribution < 1.29 is 0 Å². The van der Waals surface area contributed by atoms with E-state index in [2.05, 4.69) is 27.1 Å². The number of nitrogens with zero attached hydrogens (tertiary/aromatic N) is 3. The van der Waals surface area contributed by atoms with Crippen LogP contribution in [0.15, 0.2) is 30.7 Å². The van der Waals surface area contributed by atoms with Crippen molar-refractivity contribution in [3.63, 3.8) is 0 Å². The smallest absolute Gasteiger partial charge is 0.178 e. The van der Waals surface area contributed by atoms with Crippen molar-refractivity contribution in [3.8, 4) is 11.5 Å². The Kier molecular flexibility index (Phi) is 4.33. The number of nitrogens with one attached hydrogen (secondary N) is 2. The lowest BCUT2D eigenvalue weighted by molar-refractivity contribution is 0.563.